The molecule has 6 nitrogen and oxygen atoms in total. The molecule has 0 bridgehead atoms. The van der Waals surface area contributed by atoms with Crippen LogP contribution in [0.25, 0.3) is 0 Å². The molecule has 0 atom stereocenters. The lowest BCUT2D eigenvalue weighted by molar-refractivity contribution is -0.136. The van der Waals surface area contributed by atoms with Crippen LogP contribution in [0.3, 0.4) is 0 Å². The number of nitrogens with zero attached hydrogens (tertiary/aromatic N) is 2. The Morgan fingerprint density at radius 2 is 1.96 bits per heavy atom. The van der Waals surface area contributed by atoms with Gasteiger partial charge in [-0.2, -0.15) is 5.26 Å². The Kier molecular flexibility index (Phi) is 5.51. The van der Waals surface area contributed by atoms with Gasteiger partial charge in [0.1, 0.15) is 11.8 Å². The highest BCUT2D eigenvalue weighted by Crippen LogP contribution is 2.25. The lowest BCUT2D eigenvalue weighted by atomic mass is 10.0. The number of rotatable bonds is 6. The number of hydrogen-bond donors (Lipinski definition) is 2. The van der Waals surface area contributed by atoms with Gasteiger partial charge in [0.05, 0.1) is 12.0 Å². The Balaban J connectivity index is 2.38. The third-order valence-corrected chi connectivity index (χ3v) is 3.69. The van der Waals surface area contributed by atoms with E-state index < -0.39 is 17.5 Å². The van der Waals surface area contributed by atoms with Gasteiger partial charge in [0.15, 0.2) is 11.5 Å². The number of halogens is 1. The van der Waals surface area contributed by atoms with Gasteiger partial charge in [0.25, 0.3) is 0 Å². The van der Waals surface area contributed by atoms with Crippen LogP contribution in [0.1, 0.15) is 40.2 Å². The zero-order valence-electron chi connectivity index (χ0n) is 12.5. The molecule has 2 N–H and O–H groups in total. The van der Waals surface area contributed by atoms with Crippen molar-refractivity contribution in [2.45, 2.75) is 19.3 Å². The summed E-state index contributed by atoms with van der Waals surface area (Å²) in [7, 11) is 0. The average molecular weight is 345 g/mol. The van der Waals surface area contributed by atoms with E-state index in [1.54, 1.807) is 30.3 Å². The molecule has 2 aromatic rings. The molecular formula is C17H13ClN2O4. The van der Waals surface area contributed by atoms with Crippen molar-refractivity contribution in [1.29, 1.82) is 5.26 Å². The van der Waals surface area contributed by atoms with E-state index in [-0.39, 0.29) is 30.5 Å². The van der Waals surface area contributed by atoms with Crippen LogP contribution in [-0.2, 0) is 11.2 Å². The fraction of sp³-hybridized carbons (Fsp3) is 0.176. The summed E-state index contributed by atoms with van der Waals surface area (Å²) in [5.74, 6) is -2.29. The van der Waals surface area contributed by atoms with Gasteiger partial charge < -0.3 is 10.2 Å². The molecule has 1 heterocycles. The SMILES string of the molecule is N#Cc1cc(Cc2ccccc2Cl)nc(C(=O)CCC(=O)O)c1O. The molecule has 0 saturated carbocycles. The molecule has 0 fully saturated rings. The lowest BCUT2D eigenvalue weighted by Gasteiger charge is -2.09. The Bertz CT molecular complexity index is 843. The predicted molar refractivity (Wildman–Crippen MR) is 86.1 cm³/mol. The van der Waals surface area contributed by atoms with Crippen molar-refractivity contribution >= 4 is 23.4 Å². The number of benzene rings is 1. The summed E-state index contributed by atoms with van der Waals surface area (Å²) < 4.78 is 0. The Labute approximate surface area is 143 Å². The molecule has 0 spiro atoms. The van der Waals surface area contributed by atoms with Gasteiger partial charge in [-0.3, -0.25) is 9.59 Å². The smallest absolute Gasteiger partial charge is 0.303 e. The molecule has 24 heavy (non-hydrogen) atoms. The second-order valence-electron chi connectivity index (χ2n) is 5.06. The number of nitriles is 1. The first kappa shape index (κ1) is 17.4. The van der Waals surface area contributed by atoms with Gasteiger partial charge >= 0.3 is 5.97 Å². The fourth-order valence-corrected chi connectivity index (χ4v) is 2.34. The van der Waals surface area contributed by atoms with Crippen LogP contribution in [0.4, 0.5) is 0 Å². The number of carboxylic acid groups (broad SMARTS) is 1. The number of carbonyl (C=O) groups is 2. The van der Waals surface area contributed by atoms with E-state index in [9.17, 15) is 14.7 Å². The van der Waals surface area contributed by atoms with Gasteiger partial charge in [0.2, 0.25) is 0 Å². The van der Waals surface area contributed by atoms with E-state index in [1.165, 1.54) is 6.07 Å². The van der Waals surface area contributed by atoms with Crippen LogP contribution in [0.2, 0.25) is 5.02 Å². The number of hydrogen-bond acceptors (Lipinski definition) is 5. The maximum Gasteiger partial charge on any atom is 0.303 e. The highest BCUT2D eigenvalue weighted by Gasteiger charge is 2.19. The van der Waals surface area contributed by atoms with Gasteiger partial charge in [-0.25, -0.2) is 4.98 Å². The normalized spacial score (nSPS) is 10.2. The van der Waals surface area contributed by atoms with Crippen LogP contribution in [0.5, 0.6) is 5.75 Å². The molecule has 0 unspecified atom stereocenters. The number of aromatic hydroxyl groups is 1. The van der Waals surface area contributed by atoms with Gasteiger partial charge in [-0.1, -0.05) is 29.8 Å². The van der Waals surface area contributed by atoms with E-state index in [4.69, 9.17) is 22.0 Å². The van der Waals surface area contributed by atoms with Crippen molar-refractivity contribution in [3.05, 3.63) is 57.9 Å². The summed E-state index contributed by atoms with van der Waals surface area (Å²) in [5, 5.41) is 28.3. The summed E-state index contributed by atoms with van der Waals surface area (Å²) in [6.07, 6.45) is -0.416. The van der Waals surface area contributed by atoms with E-state index in [0.29, 0.717) is 10.7 Å². The van der Waals surface area contributed by atoms with Gasteiger partial charge in [-0.15, -0.1) is 0 Å². The number of ketones is 1. The highest BCUT2D eigenvalue weighted by atomic mass is 35.5. The molecule has 1 aromatic heterocycles. The van der Waals surface area contributed by atoms with Gasteiger partial charge in [0, 0.05) is 23.6 Å². The quantitative estimate of drug-likeness (QED) is 0.779. The molecule has 0 amide bonds. The fourth-order valence-electron chi connectivity index (χ4n) is 2.14. The number of carboxylic acids is 1. The molecule has 0 saturated heterocycles. The van der Waals surface area contributed by atoms with Crippen molar-refractivity contribution in [1.82, 2.24) is 4.98 Å². The lowest BCUT2D eigenvalue weighted by Crippen LogP contribution is -2.09. The number of Topliss-reactive ketones (excluding diaryl/α,β-unsaturated/α-hetero) is 1. The van der Waals surface area contributed by atoms with E-state index >= 15 is 0 Å². The van der Waals surface area contributed by atoms with Crippen LogP contribution in [-0.4, -0.2) is 26.9 Å². The summed E-state index contributed by atoms with van der Waals surface area (Å²) >= 11 is 6.09. The maximum atomic E-state index is 12.1. The third kappa shape index (κ3) is 4.09. The van der Waals surface area contributed by atoms with Crippen LogP contribution in [0, 0.1) is 11.3 Å². The largest absolute Gasteiger partial charge is 0.504 e. The molecule has 2 rings (SSSR count). The Morgan fingerprint density at radius 1 is 1.25 bits per heavy atom. The highest BCUT2D eigenvalue weighted by molar-refractivity contribution is 6.31. The molecular weight excluding hydrogens is 332 g/mol. The van der Waals surface area contributed by atoms with E-state index in [0.717, 1.165) is 5.56 Å². The Morgan fingerprint density at radius 3 is 2.58 bits per heavy atom. The van der Waals surface area contributed by atoms with Gasteiger partial charge in [-0.05, 0) is 17.7 Å². The summed E-state index contributed by atoms with van der Waals surface area (Å²) in [6, 6.07) is 10.3. The van der Waals surface area contributed by atoms with Crippen molar-refractivity contribution in [2.75, 3.05) is 0 Å². The Hall–Kier alpha value is -2.91. The maximum absolute atomic E-state index is 12.1. The molecule has 1 aromatic carbocycles. The first-order chi connectivity index (χ1) is 11.4. The van der Waals surface area contributed by atoms with E-state index in [1.807, 2.05) is 0 Å². The first-order valence-corrected chi connectivity index (χ1v) is 7.41. The number of pyridine rings is 1. The molecule has 122 valence electrons. The zero-order chi connectivity index (χ0) is 17.7. The minimum absolute atomic E-state index is 0.0919. The predicted octanol–water partition coefficient (Wildman–Crippen LogP) is 2.95. The number of aliphatic carboxylic acids is 1. The van der Waals surface area contributed by atoms with Crippen molar-refractivity contribution in [2.24, 2.45) is 0 Å². The second kappa shape index (κ2) is 7.57. The summed E-state index contributed by atoms with van der Waals surface area (Å²) in [4.78, 5) is 26.8. The summed E-state index contributed by atoms with van der Waals surface area (Å²) in [5.41, 5.74) is 0.754. The monoisotopic (exact) mass is 344 g/mol. The van der Waals surface area contributed by atoms with E-state index in [2.05, 4.69) is 4.98 Å². The molecule has 0 aliphatic heterocycles. The molecule has 0 radical (unpaired) electrons. The minimum Gasteiger partial charge on any atom is -0.504 e. The first-order valence-electron chi connectivity index (χ1n) is 7.03. The van der Waals surface area contributed by atoms with Crippen LogP contribution < -0.4 is 0 Å². The van der Waals surface area contributed by atoms with Crippen LogP contribution >= 0.6 is 11.6 Å². The van der Waals surface area contributed by atoms with Crippen LogP contribution in [0.15, 0.2) is 30.3 Å². The minimum atomic E-state index is -1.13. The second-order valence-corrected chi connectivity index (χ2v) is 5.46. The summed E-state index contributed by atoms with van der Waals surface area (Å²) in [6.45, 7) is 0. The van der Waals surface area contributed by atoms with Crippen molar-refractivity contribution in [3.63, 3.8) is 0 Å². The topological polar surface area (TPSA) is 111 Å². The molecule has 0 aliphatic rings. The van der Waals surface area contributed by atoms with Crippen molar-refractivity contribution < 1.29 is 19.8 Å². The number of carbonyl (C=O) groups excluding carboxylic acids is 1. The van der Waals surface area contributed by atoms with Crippen molar-refractivity contribution in [3.8, 4) is 11.8 Å². The molecule has 0 aliphatic carbocycles. The average Bonchev–Trinajstić information content (AvgIpc) is 2.56. The zero-order valence-corrected chi connectivity index (χ0v) is 13.2. The number of aromatic nitrogens is 1. The molecule has 7 heteroatoms. The third-order valence-electron chi connectivity index (χ3n) is 3.33. The standard InChI is InChI=1S/C17H13ClN2O4/c18-13-4-2-1-3-10(13)7-12-8-11(9-19)17(24)16(20-12)14(21)5-6-15(22)23/h1-4,8,24H,5-7H2,(H,22,23).